The number of fused-ring (bicyclic) bond motifs is 5. The molecular weight excluding hydrogens is 274 g/mol. The molecule has 2 bridgehead atoms. The molecule has 3 aliphatic rings. The Morgan fingerprint density at radius 2 is 1.65 bits per heavy atom. The van der Waals surface area contributed by atoms with E-state index in [1.165, 1.54) is 4.90 Å². The summed E-state index contributed by atoms with van der Waals surface area (Å²) in [6.45, 7) is 0.295. The summed E-state index contributed by atoms with van der Waals surface area (Å²) in [4.78, 5) is 26.5. The summed E-state index contributed by atoms with van der Waals surface area (Å²) in [5, 5.41) is 0.603. The molecule has 3 nitrogen and oxygen atoms in total. The standard InChI is InChI=1S/C16H14ClNO2/c17-12-4-2-1-3-11(12)8-18-15(19)13-9-5-6-10(7-9)14(13)16(18)20/h1-6,9-10,13-14H,7-8H2/t9-,10-,13-,14+/m0/s1. The lowest BCUT2D eigenvalue weighted by Crippen LogP contribution is -2.32. The third-order valence-electron chi connectivity index (χ3n) is 4.85. The van der Waals surface area contributed by atoms with Crippen LogP contribution < -0.4 is 0 Å². The molecule has 0 N–H and O–H groups in total. The van der Waals surface area contributed by atoms with Crippen molar-refractivity contribution in [1.29, 1.82) is 0 Å². The predicted octanol–water partition coefficient (Wildman–Crippen LogP) is 2.65. The minimum atomic E-state index is -0.125. The fraction of sp³-hybridized carbons (Fsp3) is 0.375. The number of amides is 2. The van der Waals surface area contributed by atoms with Crippen molar-refractivity contribution in [2.45, 2.75) is 13.0 Å². The Bertz CT molecular complexity index is 609. The number of carbonyl (C=O) groups excluding carboxylic acids is 2. The van der Waals surface area contributed by atoms with Crippen LogP contribution >= 0.6 is 11.6 Å². The molecule has 1 heterocycles. The summed E-state index contributed by atoms with van der Waals surface area (Å²) in [5.41, 5.74) is 0.830. The number of imide groups is 1. The molecule has 1 aromatic rings. The van der Waals surface area contributed by atoms with Crippen molar-refractivity contribution in [3.8, 4) is 0 Å². The van der Waals surface area contributed by atoms with E-state index in [-0.39, 0.29) is 35.5 Å². The van der Waals surface area contributed by atoms with Gasteiger partial charge in [0.15, 0.2) is 0 Å². The third-order valence-corrected chi connectivity index (χ3v) is 5.22. The van der Waals surface area contributed by atoms with Crippen LogP contribution in [0.2, 0.25) is 5.02 Å². The highest BCUT2D eigenvalue weighted by Gasteiger charge is 2.59. The number of benzene rings is 1. The van der Waals surface area contributed by atoms with Gasteiger partial charge in [-0.25, -0.2) is 0 Å². The molecule has 2 fully saturated rings. The van der Waals surface area contributed by atoms with Gasteiger partial charge in [0.2, 0.25) is 11.8 Å². The molecule has 4 rings (SSSR count). The first-order valence-corrected chi connectivity index (χ1v) is 7.31. The molecule has 0 radical (unpaired) electrons. The van der Waals surface area contributed by atoms with E-state index < -0.39 is 0 Å². The number of carbonyl (C=O) groups is 2. The van der Waals surface area contributed by atoms with Gasteiger partial charge in [0, 0.05) is 5.02 Å². The first-order valence-electron chi connectivity index (χ1n) is 6.94. The van der Waals surface area contributed by atoms with Crippen LogP contribution in [0.5, 0.6) is 0 Å². The number of likely N-dealkylation sites (tertiary alicyclic amines) is 1. The summed E-state index contributed by atoms with van der Waals surface area (Å²) in [5.74, 6) is 0.240. The molecule has 0 aromatic heterocycles. The summed E-state index contributed by atoms with van der Waals surface area (Å²) in [7, 11) is 0. The monoisotopic (exact) mass is 287 g/mol. The van der Waals surface area contributed by atoms with E-state index in [9.17, 15) is 9.59 Å². The van der Waals surface area contributed by atoms with Gasteiger partial charge in [0.05, 0.1) is 18.4 Å². The largest absolute Gasteiger partial charge is 0.278 e. The molecular formula is C16H14ClNO2. The fourth-order valence-corrected chi connectivity index (χ4v) is 4.11. The van der Waals surface area contributed by atoms with Crippen molar-refractivity contribution < 1.29 is 9.59 Å². The molecule has 0 unspecified atom stereocenters. The van der Waals surface area contributed by atoms with Crippen LogP contribution in [-0.4, -0.2) is 16.7 Å². The van der Waals surface area contributed by atoms with Crippen LogP contribution in [0.1, 0.15) is 12.0 Å². The molecule has 20 heavy (non-hydrogen) atoms. The second kappa shape index (κ2) is 4.19. The van der Waals surface area contributed by atoms with Gasteiger partial charge in [-0.3, -0.25) is 14.5 Å². The van der Waals surface area contributed by atoms with E-state index in [0.717, 1.165) is 12.0 Å². The smallest absolute Gasteiger partial charge is 0.234 e. The maximum atomic E-state index is 12.5. The van der Waals surface area contributed by atoms with E-state index in [2.05, 4.69) is 12.2 Å². The quantitative estimate of drug-likeness (QED) is 0.619. The maximum absolute atomic E-state index is 12.5. The summed E-state index contributed by atoms with van der Waals surface area (Å²) in [6.07, 6.45) is 5.18. The first-order chi connectivity index (χ1) is 9.66. The van der Waals surface area contributed by atoms with E-state index in [0.29, 0.717) is 11.6 Å². The number of halogens is 1. The molecule has 0 spiro atoms. The molecule has 2 aliphatic carbocycles. The van der Waals surface area contributed by atoms with Crippen LogP contribution in [0, 0.1) is 23.7 Å². The van der Waals surface area contributed by atoms with Gasteiger partial charge in [-0.2, -0.15) is 0 Å². The summed E-state index contributed by atoms with van der Waals surface area (Å²) in [6, 6.07) is 7.37. The Labute approximate surface area is 122 Å². The van der Waals surface area contributed by atoms with Gasteiger partial charge in [0.1, 0.15) is 0 Å². The third kappa shape index (κ3) is 1.53. The van der Waals surface area contributed by atoms with Gasteiger partial charge in [-0.15, -0.1) is 0 Å². The lowest BCUT2D eigenvalue weighted by Gasteiger charge is -2.17. The number of hydrogen-bond donors (Lipinski definition) is 0. The molecule has 4 heteroatoms. The highest BCUT2D eigenvalue weighted by atomic mass is 35.5. The van der Waals surface area contributed by atoms with Crippen molar-refractivity contribution in [2.24, 2.45) is 23.7 Å². The van der Waals surface area contributed by atoms with Crippen molar-refractivity contribution in [2.75, 3.05) is 0 Å². The van der Waals surface area contributed by atoms with Crippen LogP contribution in [0.3, 0.4) is 0 Å². The van der Waals surface area contributed by atoms with Gasteiger partial charge < -0.3 is 0 Å². The van der Waals surface area contributed by atoms with Gasteiger partial charge >= 0.3 is 0 Å². The van der Waals surface area contributed by atoms with Crippen molar-refractivity contribution in [3.05, 3.63) is 47.0 Å². The van der Waals surface area contributed by atoms with Crippen LogP contribution in [0.4, 0.5) is 0 Å². The number of nitrogens with zero attached hydrogens (tertiary/aromatic N) is 1. The SMILES string of the molecule is O=C1[C@@H]2[C@H](C(=O)N1Cc1ccccc1Cl)[C@H]1C=C[C@H]2C1. The van der Waals surface area contributed by atoms with Crippen molar-refractivity contribution in [3.63, 3.8) is 0 Å². The average molecular weight is 288 g/mol. The summed E-state index contributed by atoms with van der Waals surface area (Å²) >= 11 is 6.13. The molecule has 1 saturated heterocycles. The first kappa shape index (κ1) is 12.2. The lowest BCUT2D eigenvalue weighted by molar-refractivity contribution is -0.141. The Balaban J connectivity index is 1.64. The second-order valence-electron chi connectivity index (χ2n) is 5.85. The maximum Gasteiger partial charge on any atom is 0.234 e. The second-order valence-corrected chi connectivity index (χ2v) is 6.26. The number of hydrogen-bond acceptors (Lipinski definition) is 2. The minimum absolute atomic E-state index is 0.0169. The fourth-order valence-electron chi connectivity index (χ4n) is 3.92. The predicted molar refractivity (Wildman–Crippen MR) is 74.7 cm³/mol. The zero-order valence-electron chi connectivity index (χ0n) is 10.8. The van der Waals surface area contributed by atoms with Crippen molar-refractivity contribution in [1.82, 2.24) is 4.90 Å². The molecule has 4 atom stereocenters. The Morgan fingerprint density at radius 3 is 2.25 bits per heavy atom. The van der Waals surface area contributed by atoms with E-state index in [4.69, 9.17) is 11.6 Å². The van der Waals surface area contributed by atoms with Crippen LogP contribution in [0.15, 0.2) is 36.4 Å². The molecule has 1 aromatic carbocycles. The van der Waals surface area contributed by atoms with E-state index in [1.807, 2.05) is 18.2 Å². The molecule has 2 amide bonds. The highest BCUT2D eigenvalue weighted by molar-refractivity contribution is 6.31. The minimum Gasteiger partial charge on any atom is -0.278 e. The van der Waals surface area contributed by atoms with Crippen LogP contribution in [0.25, 0.3) is 0 Å². The van der Waals surface area contributed by atoms with E-state index >= 15 is 0 Å². The normalized spacial score (nSPS) is 34.1. The van der Waals surface area contributed by atoms with Gasteiger partial charge in [-0.05, 0) is 29.9 Å². The Morgan fingerprint density at radius 1 is 1.05 bits per heavy atom. The zero-order valence-corrected chi connectivity index (χ0v) is 11.6. The van der Waals surface area contributed by atoms with Gasteiger partial charge in [0.25, 0.3) is 0 Å². The number of allylic oxidation sites excluding steroid dienone is 2. The van der Waals surface area contributed by atoms with Gasteiger partial charge in [-0.1, -0.05) is 42.0 Å². The summed E-state index contributed by atoms with van der Waals surface area (Å²) < 4.78 is 0. The zero-order chi connectivity index (χ0) is 13.9. The molecule has 1 saturated carbocycles. The lowest BCUT2D eigenvalue weighted by atomic mass is 9.85. The van der Waals surface area contributed by atoms with E-state index in [1.54, 1.807) is 6.07 Å². The highest BCUT2D eigenvalue weighted by Crippen LogP contribution is 2.52. The molecule has 102 valence electrons. The Hall–Kier alpha value is -1.61. The molecule has 1 aliphatic heterocycles. The number of rotatable bonds is 2. The van der Waals surface area contributed by atoms with Crippen molar-refractivity contribution >= 4 is 23.4 Å². The van der Waals surface area contributed by atoms with Crippen LogP contribution in [-0.2, 0) is 16.1 Å². The average Bonchev–Trinajstić information content (AvgIpc) is 3.10. The Kier molecular flexibility index (Phi) is 2.55. The topological polar surface area (TPSA) is 37.4 Å².